The highest BCUT2D eigenvalue weighted by Crippen LogP contribution is 1.97. The van der Waals surface area contributed by atoms with Crippen LogP contribution in [-0.2, 0) is 0 Å². The first-order valence-corrected chi connectivity index (χ1v) is 2.90. The Kier molecular flexibility index (Phi) is 1.44. The van der Waals surface area contributed by atoms with Gasteiger partial charge in [-0.3, -0.25) is 5.73 Å². The molecule has 0 radical (unpaired) electrons. The van der Waals surface area contributed by atoms with E-state index in [0.717, 1.165) is 0 Å². The van der Waals surface area contributed by atoms with Gasteiger partial charge < -0.3 is 10.6 Å². The van der Waals surface area contributed by atoms with Crippen LogP contribution < -0.4 is 16.4 Å². The minimum Gasteiger partial charge on any atom is -0.352 e. The Balaban J connectivity index is 2.55. The van der Waals surface area contributed by atoms with Crippen molar-refractivity contribution in [2.75, 3.05) is 0 Å². The molecule has 0 aromatic heterocycles. The second-order valence-corrected chi connectivity index (χ2v) is 1.99. The van der Waals surface area contributed by atoms with Gasteiger partial charge in [0.25, 0.3) is 0 Å². The molecule has 50 valence electrons. The third-order valence-corrected chi connectivity index (χ3v) is 1.16. The summed E-state index contributed by atoms with van der Waals surface area (Å²) in [5.41, 5.74) is 5.70. The molecule has 0 aromatic carbocycles. The summed E-state index contributed by atoms with van der Waals surface area (Å²) in [5, 5.41) is 5.87. The van der Waals surface area contributed by atoms with E-state index in [4.69, 9.17) is 5.73 Å². The first-order chi connectivity index (χ1) is 4.27. The number of hydrogen-bond donors (Lipinski definition) is 3. The summed E-state index contributed by atoms with van der Waals surface area (Å²) >= 11 is 0. The molecule has 1 aliphatic rings. The van der Waals surface area contributed by atoms with Crippen molar-refractivity contribution in [1.82, 2.24) is 10.6 Å². The van der Waals surface area contributed by atoms with Crippen molar-refractivity contribution in [3.8, 4) is 0 Å². The van der Waals surface area contributed by atoms with Crippen molar-refractivity contribution in [3.63, 3.8) is 0 Å². The molecule has 0 atom stereocenters. The zero-order valence-electron chi connectivity index (χ0n) is 5.39. The highest BCUT2D eigenvalue weighted by Gasteiger charge is 2.19. The molecule has 4 N–H and O–H groups in total. The molecule has 0 saturated carbocycles. The number of nitrogens with two attached hydrogens (primary N) is 1. The van der Waals surface area contributed by atoms with E-state index in [1.165, 1.54) is 0 Å². The van der Waals surface area contributed by atoms with Crippen LogP contribution in [0.15, 0.2) is 24.6 Å². The van der Waals surface area contributed by atoms with Gasteiger partial charge in [-0.15, -0.1) is 0 Å². The summed E-state index contributed by atoms with van der Waals surface area (Å²) in [6, 6.07) is 0. The maximum Gasteiger partial charge on any atom is 0.181 e. The van der Waals surface area contributed by atoms with Gasteiger partial charge >= 0.3 is 0 Å². The normalized spacial score (nSPS) is 22.0. The molecule has 0 fully saturated rings. The maximum absolute atomic E-state index is 5.70. The SMILES string of the molecule is CC=CC1(N)NC=CN1. The van der Waals surface area contributed by atoms with Crippen LogP contribution in [0, 0.1) is 0 Å². The zero-order chi connectivity index (χ0) is 6.74. The summed E-state index contributed by atoms with van der Waals surface area (Å²) < 4.78 is 0. The van der Waals surface area contributed by atoms with E-state index in [9.17, 15) is 0 Å². The van der Waals surface area contributed by atoms with Crippen LogP contribution in [0.4, 0.5) is 0 Å². The monoisotopic (exact) mass is 125 g/mol. The second-order valence-electron chi connectivity index (χ2n) is 1.99. The van der Waals surface area contributed by atoms with Gasteiger partial charge in [0.15, 0.2) is 5.79 Å². The quantitative estimate of drug-likeness (QED) is 0.427. The first-order valence-electron chi connectivity index (χ1n) is 2.90. The Morgan fingerprint density at radius 3 is 2.44 bits per heavy atom. The van der Waals surface area contributed by atoms with Crippen molar-refractivity contribution < 1.29 is 0 Å². The van der Waals surface area contributed by atoms with Gasteiger partial charge in [-0.2, -0.15) is 0 Å². The summed E-state index contributed by atoms with van der Waals surface area (Å²) in [6.45, 7) is 1.93. The molecule has 3 heteroatoms. The van der Waals surface area contributed by atoms with Gasteiger partial charge in [0.05, 0.1) is 0 Å². The molecule has 0 aliphatic carbocycles. The Labute approximate surface area is 54.6 Å². The Morgan fingerprint density at radius 2 is 2.00 bits per heavy atom. The van der Waals surface area contributed by atoms with Crippen LogP contribution in [-0.4, -0.2) is 5.79 Å². The molecule has 0 amide bonds. The predicted octanol–water partition coefficient (Wildman–Crippen LogP) is -0.161. The molecular formula is C6H11N3. The van der Waals surface area contributed by atoms with Crippen molar-refractivity contribution in [1.29, 1.82) is 0 Å². The number of rotatable bonds is 1. The summed E-state index contributed by atoms with van der Waals surface area (Å²) in [7, 11) is 0. The average Bonchev–Trinajstić information content (AvgIpc) is 2.16. The highest BCUT2D eigenvalue weighted by atomic mass is 15.3. The third kappa shape index (κ3) is 1.23. The fourth-order valence-electron chi connectivity index (χ4n) is 0.760. The Hall–Kier alpha value is -0.960. The van der Waals surface area contributed by atoms with Gasteiger partial charge in [0.2, 0.25) is 0 Å². The van der Waals surface area contributed by atoms with Gasteiger partial charge in [-0.05, 0) is 13.0 Å². The van der Waals surface area contributed by atoms with Crippen LogP contribution in [0.5, 0.6) is 0 Å². The molecule has 0 spiro atoms. The highest BCUT2D eigenvalue weighted by molar-refractivity contribution is 5.09. The van der Waals surface area contributed by atoms with Crippen molar-refractivity contribution >= 4 is 0 Å². The molecule has 0 bridgehead atoms. The van der Waals surface area contributed by atoms with Gasteiger partial charge in [-0.1, -0.05) is 6.08 Å². The Morgan fingerprint density at radius 1 is 1.44 bits per heavy atom. The standard InChI is InChI=1S/C6H11N3/c1-2-3-6(7)8-4-5-9-6/h2-5,8-9H,7H2,1H3. The Bertz CT molecular complexity index is 140. The van der Waals surface area contributed by atoms with Crippen molar-refractivity contribution in [2.24, 2.45) is 5.73 Å². The van der Waals surface area contributed by atoms with E-state index in [1.54, 1.807) is 12.4 Å². The lowest BCUT2D eigenvalue weighted by Crippen LogP contribution is -2.55. The van der Waals surface area contributed by atoms with Gasteiger partial charge in [0, 0.05) is 12.4 Å². The van der Waals surface area contributed by atoms with Gasteiger partial charge in [0.1, 0.15) is 0 Å². The minimum atomic E-state index is -0.547. The predicted molar refractivity (Wildman–Crippen MR) is 37.1 cm³/mol. The van der Waals surface area contributed by atoms with Crippen molar-refractivity contribution in [3.05, 3.63) is 24.6 Å². The van der Waals surface area contributed by atoms with E-state index in [2.05, 4.69) is 10.6 Å². The molecule has 3 nitrogen and oxygen atoms in total. The molecule has 0 aromatic rings. The van der Waals surface area contributed by atoms with E-state index in [0.29, 0.717) is 0 Å². The number of nitrogens with one attached hydrogen (secondary N) is 2. The third-order valence-electron chi connectivity index (χ3n) is 1.16. The summed E-state index contributed by atoms with van der Waals surface area (Å²) in [6.07, 6.45) is 7.31. The zero-order valence-corrected chi connectivity index (χ0v) is 5.39. The fraction of sp³-hybridized carbons (Fsp3) is 0.333. The van der Waals surface area contributed by atoms with E-state index in [-0.39, 0.29) is 0 Å². The van der Waals surface area contributed by atoms with Crippen LogP contribution in [0.1, 0.15) is 6.92 Å². The topological polar surface area (TPSA) is 50.1 Å². The van der Waals surface area contributed by atoms with Crippen LogP contribution in [0.3, 0.4) is 0 Å². The fourth-order valence-corrected chi connectivity index (χ4v) is 0.760. The average molecular weight is 125 g/mol. The number of hydrogen-bond acceptors (Lipinski definition) is 3. The summed E-state index contributed by atoms with van der Waals surface area (Å²) in [4.78, 5) is 0. The van der Waals surface area contributed by atoms with Crippen LogP contribution >= 0.6 is 0 Å². The van der Waals surface area contributed by atoms with Crippen LogP contribution in [0.25, 0.3) is 0 Å². The molecule has 0 saturated heterocycles. The largest absolute Gasteiger partial charge is 0.352 e. The molecule has 1 aliphatic heterocycles. The molecular weight excluding hydrogens is 114 g/mol. The number of allylic oxidation sites excluding steroid dienone is 1. The van der Waals surface area contributed by atoms with E-state index in [1.807, 2.05) is 19.1 Å². The van der Waals surface area contributed by atoms with E-state index < -0.39 is 5.79 Å². The lowest BCUT2D eigenvalue weighted by atomic mass is 10.3. The van der Waals surface area contributed by atoms with Crippen LogP contribution in [0.2, 0.25) is 0 Å². The van der Waals surface area contributed by atoms with E-state index >= 15 is 0 Å². The minimum absolute atomic E-state index is 0.547. The molecule has 1 heterocycles. The molecule has 1 rings (SSSR count). The smallest absolute Gasteiger partial charge is 0.181 e. The maximum atomic E-state index is 5.70. The lowest BCUT2D eigenvalue weighted by Gasteiger charge is -2.20. The lowest BCUT2D eigenvalue weighted by molar-refractivity contribution is 0.455. The summed E-state index contributed by atoms with van der Waals surface area (Å²) in [5.74, 6) is -0.547. The van der Waals surface area contributed by atoms with Gasteiger partial charge in [-0.25, -0.2) is 0 Å². The van der Waals surface area contributed by atoms with Crippen molar-refractivity contribution in [2.45, 2.75) is 12.7 Å². The molecule has 0 unspecified atom stereocenters. The first kappa shape index (κ1) is 6.16. The molecule has 9 heavy (non-hydrogen) atoms. The second kappa shape index (κ2) is 2.11.